The van der Waals surface area contributed by atoms with E-state index in [9.17, 15) is 9.90 Å². The van der Waals surface area contributed by atoms with Crippen molar-refractivity contribution in [1.82, 2.24) is 10.2 Å². The zero-order valence-corrected chi connectivity index (χ0v) is 14.0. The van der Waals surface area contributed by atoms with Crippen molar-refractivity contribution in [2.24, 2.45) is 11.3 Å². The highest BCUT2D eigenvalue weighted by Crippen LogP contribution is 2.38. The number of carboxylic acid groups (broad SMARTS) is 1. The van der Waals surface area contributed by atoms with Gasteiger partial charge in [0.15, 0.2) is 0 Å². The molecule has 0 aromatic rings. The molecular formula is C16H32N2O2. The van der Waals surface area contributed by atoms with Crippen molar-refractivity contribution in [3.63, 3.8) is 0 Å². The van der Waals surface area contributed by atoms with Crippen LogP contribution in [0.1, 0.15) is 53.4 Å². The van der Waals surface area contributed by atoms with Crippen molar-refractivity contribution in [3.8, 4) is 0 Å². The Morgan fingerprint density at radius 2 is 2.10 bits per heavy atom. The Labute approximate surface area is 123 Å². The standard InChI is InChI=1S/C16H32N2O2/c1-12(15(2,3)4)18(6)11-9-13-8-7-10-16(13,17-5)14(19)20/h12-13,17H,7-11H2,1-6H3,(H,19,20). The van der Waals surface area contributed by atoms with Gasteiger partial charge in [0, 0.05) is 6.04 Å². The number of hydrogen-bond donors (Lipinski definition) is 2. The molecule has 118 valence electrons. The monoisotopic (exact) mass is 284 g/mol. The maximum absolute atomic E-state index is 11.6. The molecule has 1 aliphatic rings. The van der Waals surface area contributed by atoms with Crippen LogP contribution in [0.3, 0.4) is 0 Å². The molecule has 0 aromatic heterocycles. The quantitative estimate of drug-likeness (QED) is 0.787. The van der Waals surface area contributed by atoms with Crippen LogP contribution < -0.4 is 5.32 Å². The molecule has 0 bridgehead atoms. The zero-order valence-electron chi connectivity index (χ0n) is 14.0. The van der Waals surface area contributed by atoms with E-state index < -0.39 is 11.5 Å². The Morgan fingerprint density at radius 1 is 1.50 bits per heavy atom. The second-order valence-electron chi connectivity index (χ2n) is 7.43. The van der Waals surface area contributed by atoms with Crippen molar-refractivity contribution in [3.05, 3.63) is 0 Å². The summed E-state index contributed by atoms with van der Waals surface area (Å²) in [6.07, 6.45) is 3.73. The SMILES string of the molecule is CNC1(C(=O)O)CCCC1CCN(C)C(C)C(C)(C)C. The molecule has 4 heteroatoms. The molecule has 3 unspecified atom stereocenters. The molecule has 3 atom stereocenters. The van der Waals surface area contributed by atoms with Crippen molar-refractivity contribution in [1.29, 1.82) is 0 Å². The number of likely N-dealkylation sites (N-methyl/N-ethyl adjacent to an activating group) is 1. The van der Waals surface area contributed by atoms with Gasteiger partial charge in [0.1, 0.15) is 5.54 Å². The van der Waals surface area contributed by atoms with E-state index in [0.29, 0.717) is 6.04 Å². The Kier molecular flexibility index (Phi) is 5.61. The summed E-state index contributed by atoms with van der Waals surface area (Å²) in [5.74, 6) is -0.450. The summed E-state index contributed by atoms with van der Waals surface area (Å²) >= 11 is 0. The van der Waals surface area contributed by atoms with Gasteiger partial charge >= 0.3 is 5.97 Å². The van der Waals surface area contributed by atoms with Crippen molar-refractivity contribution in [2.75, 3.05) is 20.6 Å². The summed E-state index contributed by atoms with van der Waals surface area (Å²) in [6.45, 7) is 9.95. The van der Waals surface area contributed by atoms with Crippen LogP contribution in [0, 0.1) is 11.3 Å². The Morgan fingerprint density at radius 3 is 2.55 bits per heavy atom. The third-order valence-corrected chi connectivity index (χ3v) is 5.39. The molecule has 0 radical (unpaired) electrons. The van der Waals surface area contributed by atoms with E-state index in [0.717, 1.165) is 32.2 Å². The van der Waals surface area contributed by atoms with Crippen LogP contribution in [0.15, 0.2) is 0 Å². The van der Waals surface area contributed by atoms with Crippen molar-refractivity contribution >= 4 is 5.97 Å². The predicted octanol–water partition coefficient (Wildman–Crippen LogP) is 2.59. The summed E-state index contributed by atoms with van der Waals surface area (Å²) in [5.41, 5.74) is -0.455. The lowest BCUT2D eigenvalue weighted by molar-refractivity contribution is -0.146. The summed E-state index contributed by atoms with van der Waals surface area (Å²) in [6, 6.07) is 0.484. The lowest BCUT2D eigenvalue weighted by atomic mass is 9.83. The number of rotatable bonds is 6. The molecule has 0 heterocycles. The minimum Gasteiger partial charge on any atom is -0.480 e. The Balaban J connectivity index is 2.63. The molecule has 20 heavy (non-hydrogen) atoms. The number of hydrogen-bond acceptors (Lipinski definition) is 3. The van der Waals surface area contributed by atoms with Gasteiger partial charge in [-0.3, -0.25) is 4.79 Å². The average molecular weight is 284 g/mol. The highest BCUT2D eigenvalue weighted by atomic mass is 16.4. The van der Waals surface area contributed by atoms with Crippen LogP contribution >= 0.6 is 0 Å². The number of carbonyl (C=O) groups is 1. The number of nitrogens with one attached hydrogen (secondary N) is 1. The van der Waals surface area contributed by atoms with Gasteiger partial charge in [-0.2, -0.15) is 0 Å². The van der Waals surface area contributed by atoms with E-state index in [1.807, 2.05) is 0 Å². The van der Waals surface area contributed by atoms with E-state index in [1.165, 1.54) is 0 Å². The summed E-state index contributed by atoms with van der Waals surface area (Å²) < 4.78 is 0. The van der Waals surface area contributed by atoms with Crippen LogP contribution in [0.2, 0.25) is 0 Å². The number of nitrogens with zero attached hydrogens (tertiary/aromatic N) is 1. The first-order valence-corrected chi connectivity index (χ1v) is 7.77. The largest absolute Gasteiger partial charge is 0.480 e. The third-order valence-electron chi connectivity index (χ3n) is 5.39. The highest BCUT2D eigenvalue weighted by molar-refractivity contribution is 5.79. The molecule has 0 aliphatic heterocycles. The predicted molar refractivity (Wildman–Crippen MR) is 82.9 cm³/mol. The van der Waals surface area contributed by atoms with Crippen LogP contribution in [0.4, 0.5) is 0 Å². The summed E-state index contributed by atoms with van der Waals surface area (Å²) in [5, 5.41) is 12.7. The van der Waals surface area contributed by atoms with Gasteiger partial charge in [-0.1, -0.05) is 27.2 Å². The first-order chi connectivity index (χ1) is 9.15. The fourth-order valence-corrected chi connectivity index (χ4v) is 3.40. The maximum atomic E-state index is 11.6. The molecule has 1 aliphatic carbocycles. The molecule has 0 saturated heterocycles. The van der Waals surface area contributed by atoms with Gasteiger partial charge in [-0.15, -0.1) is 0 Å². The zero-order chi connectivity index (χ0) is 15.6. The average Bonchev–Trinajstić information content (AvgIpc) is 2.77. The minimum atomic E-state index is -0.703. The molecule has 1 fully saturated rings. The molecule has 0 spiro atoms. The Hall–Kier alpha value is -0.610. The Bertz CT molecular complexity index is 338. The lowest BCUT2D eigenvalue weighted by Crippen LogP contribution is -2.54. The molecule has 1 rings (SSSR count). The van der Waals surface area contributed by atoms with E-state index >= 15 is 0 Å². The van der Waals surface area contributed by atoms with Crippen molar-refractivity contribution < 1.29 is 9.90 Å². The maximum Gasteiger partial charge on any atom is 0.324 e. The van der Waals surface area contributed by atoms with Gasteiger partial charge < -0.3 is 15.3 Å². The first kappa shape index (κ1) is 17.4. The molecule has 1 saturated carbocycles. The molecular weight excluding hydrogens is 252 g/mol. The summed E-state index contributed by atoms with van der Waals surface area (Å²) in [4.78, 5) is 14.0. The minimum absolute atomic E-state index is 0.236. The van der Waals surface area contributed by atoms with Gasteiger partial charge in [0.2, 0.25) is 0 Å². The first-order valence-electron chi connectivity index (χ1n) is 7.77. The number of carboxylic acids is 1. The second-order valence-corrected chi connectivity index (χ2v) is 7.43. The molecule has 0 amide bonds. The van der Waals surface area contributed by atoms with E-state index in [1.54, 1.807) is 7.05 Å². The summed E-state index contributed by atoms with van der Waals surface area (Å²) in [7, 11) is 3.93. The van der Waals surface area contributed by atoms with Crippen molar-refractivity contribution in [2.45, 2.75) is 65.0 Å². The normalized spacial score (nSPS) is 28.9. The lowest BCUT2D eigenvalue weighted by Gasteiger charge is -2.37. The third kappa shape index (κ3) is 3.53. The fraction of sp³-hybridized carbons (Fsp3) is 0.938. The van der Waals surface area contributed by atoms with Crippen LogP contribution in [0.5, 0.6) is 0 Å². The van der Waals surface area contributed by atoms with Gasteiger partial charge in [0.25, 0.3) is 0 Å². The smallest absolute Gasteiger partial charge is 0.324 e. The molecule has 2 N–H and O–H groups in total. The second kappa shape index (κ2) is 6.44. The molecule has 4 nitrogen and oxygen atoms in total. The van der Waals surface area contributed by atoms with E-state index in [2.05, 4.69) is 45.0 Å². The number of aliphatic carboxylic acids is 1. The molecule has 0 aromatic carbocycles. The van der Waals surface area contributed by atoms with E-state index in [4.69, 9.17) is 0 Å². The van der Waals surface area contributed by atoms with Gasteiger partial charge in [-0.25, -0.2) is 0 Å². The van der Waals surface area contributed by atoms with Crippen LogP contribution in [0.25, 0.3) is 0 Å². The van der Waals surface area contributed by atoms with Gasteiger partial charge in [0.05, 0.1) is 0 Å². The fourth-order valence-electron chi connectivity index (χ4n) is 3.40. The topological polar surface area (TPSA) is 52.6 Å². The van der Waals surface area contributed by atoms with Gasteiger partial charge in [-0.05, 0) is 58.2 Å². The highest BCUT2D eigenvalue weighted by Gasteiger charge is 2.47. The van der Waals surface area contributed by atoms with Crippen LogP contribution in [-0.4, -0.2) is 48.2 Å². The van der Waals surface area contributed by atoms with Crippen LogP contribution in [-0.2, 0) is 4.79 Å². The van der Waals surface area contributed by atoms with E-state index in [-0.39, 0.29) is 11.3 Å².